The van der Waals surface area contributed by atoms with E-state index in [1.54, 1.807) is 15.7 Å². The Morgan fingerprint density at radius 3 is 2.67 bits per heavy atom. The van der Waals surface area contributed by atoms with Gasteiger partial charge in [-0.15, -0.1) is 0 Å². The lowest BCUT2D eigenvalue weighted by molar-refractivity contribution is -0.126. The minimum Gasteiger partial charge on any atom is -0.373 e. The third-order valence-electron chi connectivity index (χ3n) is 8.27. The molecule has 8 nitrogen and oxygen atoms in total. The van der Waals surface area contributed by atoms with Gasteiger partial charge in [0.25, 0.3) is 11.2 Å². The monoisotopic (exact) mass is 590 g/mol. The van der Waals surface area contributed by atoms with Gasteiger partial charge in [0.2, 0.25) is 5.91 Å². The van der Waals surface area contributed by atoms with Gasteiger partial charge >= 0.3 is 0 Å². The zero-order chi connectivity index (χ0) is 30.4. The maximum absolute atomic E-state index is 14.5. The fourth-order valence-corrected chi connectivity index (χ4v) is 6.48. The molecule has 0 saturated carbocycles. The molecule has 0 radical (unpaired) electrons. The molecule has 1 amide bonds. The van der Waals surface area contributed by atoms with Gasteiger partial charge in [0.1, 0.15) is 5.65 Å². The summed E-state index contributed by atoms with van der Waals surface area (Å²) in [4.78, 5) is 42.1. The Hall–Kier alpha value is -4.87. The number of nitrogens with zero attached hydrogens (tertiary/aromatic N) is 5. The molecule has 1 fully saturated rings. The number of fused-ring (bicyclic) bond motifs is 2. The van der Waals surface area contributed by atoms with E-state index in [0.29, 0.717) is 41.2 Å². The van der Waals surface area contributed by atoms with E-state index in [2.05, 4.69) is 40.1 Å². The zero-order valence-corrected chi connectivity index (χ0v) is 25.0. The van der Waals surface area contributed by atoms with Gasteiger partial charge in [0.05, 0.1) is 23.5 Å². The van der Waals surface area contributed by atoms with Gasteiger partial charge in [0, 0.05) is 59.4 Å². The van der Waals surface area contributed by atoms with Crippen molar-refractivity contribution in [1.29, 1.82) is 0 Å². The summed E-state index contributed by atoms with van der Waals surface area (Å²) in [5.74, 6) is -0.000239. The van der Waals surface area contributed by atoms with E-state index in [4.69, 9.17) is 18.2 Å². The third-order valence-corrected chi connectivity index (χ3v) is 8.59. The molecule has 9 heteroatoms. The Bertz CT molecular complexity index is 2020. The number of pyridine rings is 2. The molecule has 6 rings (SSSR count). The number of rotatable bonds is 5. The average molecular weight is 591 g/mol. The summed E-state index contributed by atoms with van der Waals surface area (Å²) in [6.07, 6.45) is 4.88. The predicted molar refractivity (Wildman–Crippen MR) is 174 cm³/mol. The van der Waals surface area contributed by atoms with Gasteiger partial charge in [-0.3, -0.25) is 14.2 Å². The molecular formula is C34H31ClN6O2. The number of amides is 1. The molecule has 0 bridgehead atoms. The number of hydrogen-bond donors (Lipinski definition) is 1. The zero-order valence-electron chi connectivity index (χ0n) is 24.3. The molecule has 0 spiro atoms. The quantitative estimate of drug-likeness (QED) is 0.175. The van der Waals surface area contributed by atoms with Gasteiger partial charge in [-0.1, -0.05) is 50.2 Å². The first-order valence-electron chi connectivity index (χ1n) is 14.2. The number of nitrogens with one attached hydrogen (secondary N) is 1. The molecule has 1 saturated heterocycles. The summed E-state index contributed by atoms with van der Waals surface area (Å²) < 4.78 is 1.67. The number of halogens is 1. The van der Waals surface area contributed by atoms with Crippen LogP contribution in [0.4, 0.5) is 11.4 Å². The van der Waals surface area contributed by atoms with Gasteiger partial charge in [-0.25, -0.2) is 9.83 Å². The molecule has 0 unspecified atom stereocenters. The topological polar surface area (TPSA) is 78.6 Å². The fourth-order valence-electron chi connectivity index (χ4n) is 6.21. The summed E-state index contributed by atoms with van der Waals surface area (Å²) >= 11 is 7.07. The van der Waals surface area contributed by atoms with Crippen LogP contribution in [0.3, 0.4) is 0 Å². The highest BCUT2D eigenvalue weighted by molar-refractivity contribution is 6.35. The van der Waals surface area contributed by atoms with Crippen molar-refractivity contribution >= 4 is 50.8 Å². The third kappa shape index (κ3) is 4.66. The van der Waals surface area contributed by atoms with Crippen molar-refractivity contribution in [2.45, 2.75) is 32.7 Å². The first-order valence-corrected chi connectivity index (χ1v) is 14.6. The minimum absolute atomic E-state index is 0.0298. The Morgan fingerprint density at radius 2 is 1.95 bits per heavy atom. The van der Waals surface area contributed by atoms with Gasteiger partial charge in [-0.05, 0) is 60.4 Å². The van der Waals surface area contributed by atoms with E-state index >= 15 is 0 Å². The molecular weight excluding hydrogens is 560 g/mol. The maximum Gasteiger partial charge on any atom is 0.274 e. The van der Waals surface area contributed by atoms with E-state index in [1.165, 1.54) is 6.08 Å². The lowest BCUT2D eigenvalue weighted by atomic mass is 9.98. The second-order valence-corrected chi connectivity index (χ2v) is 11.5. The van der Waals surface area contributed by atoms with E-state index in [1.807, 2.05) is 61.7 Å². The number of para-hydroxylation sites is 1. The number of carbonyl (C=O) groups excluding carboxylic acids is 1. The van der Waals surface area contributed by atoms with Crippen molar-refractivity contribution in [2.75, 3.05) is 24.5 Å². The van der Waals surface area contributed by atoms with Crippen LogP contribution in [0.2, 0.25) is 5.02 Å². The molecule has 5 aromatic rings. The van der Waals surface area contributed by atoms with Crippen LogP contribution in [-0.2, 0) is 4.79 Å². The van der Waals surface area contributed by atoms with Crippen LogP contribution in [0, 0.1) is 6.57 Å². The molecule has 2 aromatic carbocycles. The summed E-state index contributed by atoms with van der Waals surface area (Å²) in [5, 5.41) is 2.11. The summed E-state index contributed by atoms with van der Waals surface area (Å²) in [6, 6.07) is 15.4. The number of benzene rings is 2. The summed E-state index contributed by atoms with van der Waals surface area (Å²) in [6.45, 7) is 19.3. The number of anilines is 1. The molecule has 1 aliphatic rings. The Kier molecular flexibility index (Phi) is 7.28. The first-order chi connectivity index (χ1) is 20.7. The molecule has 3 aromatic heterocycles. The van der Waals surface area contributed by atoms with E-state index in [9.17, 15) is 9.59 Å². The fraction of sp³-hybridized carbons (Fsp3) is 0.235. The molecule has 4 heterocycles. The van der Waals surface area contributed by atoms with Crippen LogP contribution in [0.1, 0.15) is 32.3 Å². The van der Waals surface area contributed by atoms with E-state index in [-0.39, 0.29) is 23.6 Å². The molecule has 216 valence electrons. The molecule has 1 atom stereocenters. The van der Waals surface area contributed by atoms with Crippen molar-refractivity contribution in [3.05, 3.63) is 106 Å². The Morgan fingerprint density at radius 1 is 1.16 bits per heavy atom. The molecule has 1 N–H and O–H groups in total. The minimum atomic E-state index is -0.391. The number of carbonyl (C=O) groups is 1. The molecule has 0 aliphatic carbocycles. The smallest absolute Gasteiger partial charge is 0.274 e. The van der Waals surface area contributed by atoms with Crippen LogP contribution in [-0.4, -0.2) is 51.0 Å². The highest BCUT2D eigenvalue weighted by Crippen LogP contribution is 2.43. The van der Waals surface area contributed by atoms with Crippen molar-refractivity contribution < 1.29 is 4.79 Å². The van der Waals surface area contributed by atoms with Gasteiger partial charge in [-0.2, -0.15) is 0 Å². The normalized spacial score (nSPS) is 15.3. The lowest BCUT2D eigenvalue weighted by Gasteiger charge is -2.42. The lowest BCUT2D eigenvalue weighted by Crippen LogP contribution is -2.53. The van der Waals surface area contributed by atoms with Crippen molar-refractivity contribution in [1.82, 2.24) is 19.4 Å². The van der Waals surface area contributed by atoms with Crippen LogP contribution in [0.5, 0.6) is 0 Å². The first kappa shape index (κ1) is 28.3. The number of hydrogen-bond acceptors (Lipinski definition) is 4. The highest BCUT2D eigenvalue weighted by atomic mass is 35.5. The van der Waals surface area contributed by atoms with Gasteiger partial charge < -0.3 is 14.8 Å². The van der Waals surface area contributed by atoms with Crippen LogP contribution in [0.15, 0.2) is 78.4 Å². The summed E-state index contributed by atoms with van der Waals surface area (Å²) in [7, 11) is 0. The van der Waals surface area contributed by atoms with E-state index < -0.39 is 5.56 Å². The standard InChI is InChI=1S/C34H31ClN6O2/c1-6-30(42)39-15-16-40(21(4)19-39)32-26-17-27(35)25(23-11-13-37-33-24(23)12-14-38-33)18-29(26)41(34(43)31(32)36-5)28-10-8-7-9-22(28)20(2)3/h6-14,17-18,20-21H,1,15-16,19H2,2-4H3,(H,37,38)/t21-/m0/s1. The second kappa shape index (κ2) is 11.1. The van der Waals surface area contributed by atoms with Crippen LogP contribution < -0.4 is 10.5 Å². The molecule has 1 aliphatic heterocycles. The maximum atomic E-state index is 14.5. The predicted octanol–water partition coefficient (Wildman–Crippen LogP) is 7.08. The SMILES string of the molecule is [C-]#[N+]c1c(N2CCN(C(=O)C=C)C[C@@H]2C)c2cc(Cl)c(-c3ccnc4[nH]ccc34)cc2n(-c2ccccc2C(C)C)c1=O. The average Bonchev–Trinajstić information content (AvgIpc) is 3.50. The van der Waals surface area contributed by atoms with Crippen molar-refractivity contribution in [3.8, 4) is 16.8 Å². The van der Waals surface area contributed by atoms with E-state index in [0.717, 1.165) is 33.4 Å². The second-order valence-electron chi connectivity index (χ2n) is 11.1. The number of H-pyrrole nitrogens is 1. The summed E-state index contributed by atoms with van der Waals surface area (Å²) in [5.41, 5.74) is 4.93. The number of aromatic nitrogens is 3. The largest absolute Gasteiger partial charge is 0.373 e. The van der Waals surface area contributed by atoms with Crippen LogP contribution >= 0.6 is 11.6 Å². The highest BCUT2D eigenvalue weighted by Gasteiger charge is 2.31. The van der Waals surface area contributed by atoms with Crippen LogP contribution in [0.25, 0.3) is 43.6 Å². The van der Waals surface area contributed by atoms with Crippen molar-refractivity contribution in [3.63, 3.8) is 0 Å². The van der Waals surface area contributed by atoms with Gasteiger partial charge in [0.15, 0.2) is 0 Å². The Labute approximate surface area is 254 Å². The Balaban J connectivity index is 1.69. The molecule has 43 heavy (non-hydrogen) atoms. The number of aromatic amines is 1. The number of piperazine rings is 1. The van der Waals surface area contributed by atoms with Crippen molar-refractivity contribution in [2.24, 2.45) is 0 Å².